The second kappa shape index (κ2) is 2.63. The van der Waals surface area contributed by atoms with Gasteiger partial charge in [0.05, 0.1) is 17.5 Å². The molecule has 0 aliphatic carbocycles. The van der Waals surface area contributed by atoms with Crippen LogP contribution in [0.25, 0.3) is 16.7 Å². The van der Waals surface area contributed by atoms with Gasteiger partial charge in [-0.2, -0.15) is 14.6 Å². The van der Waals surface area contributed by atoms with Crippen molar-refractivity contribution in [1.29, 1.82) is 0 Å². The Labute approximate surface area is 83.2 Å². The van der Waals surface area contributed by atoms with Crippen molar-refractivity contribution in [3.63, 3.8) is 0 Å². The summed E-state index contributed by atoms with van der Waals surface area (Å²) in [7, 11) is 0. The average Bonchev–Trinajstić information content (AvgIpc) is 2.65. The Morgan fingerprint density at radius 2 is 2.33 bits per heavy atom. The fraction of sp³-hybridized carbons (Fsp3) is 0.111. The minimum Gasteiger partial charge on any atom is -0.431 e. The van der Waals surface area contributed by atoms with Gasteiger partial charge < -0.3 is 4.42 Å². The number of nitrogens with zero attached hydrogens (tertiary/aromatic N) is 4. The summed E-state index contributed by atoms with van der Waals surface area (Å²) in [5, 5.41) is 4.43. The molecule has 0 spiro atoms. The van der Waals surface area contributed by atoms with Crippen LogP contribution in [0.1, 0.15) is 5.69 Å². The van der Waals surface area contributed by atoms with E-state index < -0.39 is 5.63 Å². The summed E-state index contributed by atoms with van der Waals surface area (Å²) in [5.74, 6) is 0.477. The van der Waals surface area contributed by atoms with E-state index in [1.807, 2.05) is 0 Å². The number of hydrogen-bond acceptors (Lipinski definition) is 5. The number of hydrogen-bond donors (Lipinski definition) is 0. The molecule has 0 unspecified atom stereocenters. The quantitative estimate of drug-likeness (QED) is 0.532. The van der Waals surface area contributed by atoms with E-state index in [0.717, 1.165) is 0 Å². The molecule has 0 N–H and O–H groups in total. The van der Waals surface area contributed by atoms with Gasteiger partial charge in [-0.15, -0.1) is 0 Å². The molecule has 0 radical (unpaired) electrons. The highest BCUT2D eigenvalue weighted by Gasteiger charge is 2.10. The van der Waals surface area contributed by atoms with Gasteiger partial charge >= 0.3 is 5.63 Å². The van der Waals surface area contributed by atoms with Crippen LogP contribution in [0.4, 0.5) is 0 Å². The Morgan fingerprint density at radius 1 is 1.47 bits per heavy atom. The number of aryl methyl sites for hydroxylation is 1. The molecule has 3 heterocycles. The summed E-state index contributed by atoms with van der Waals surface area (Å²) >= 11 is 0. The molecule has 0 bridgehead atoms. The Hall–Kier alpha value is -2.24. The van der Waals surface area contributed by atoms with Crippen LogP contribution in [-0.4, -0.2) is 19.6 Å². The van der Waals surface area contributed by atoms with E-state index in [4.69, 9.17) is 4.42 Å². The molecule has 6 heteroatoms. The molecule has 0 aliphatic heterocycles. The second-order valence-electron chi connectivity index (χ2n) is 3.14. The maximum atomic E-state index is 11.5. The van der Waals surface area contributed by atoms with Crippen LogP contribution in [-0.2, 0) is 0 Å². The molecular formula is C9H6N4O2. The van der Waals surface area contributed by atoms with Crippen LogP contribution in [0.3, 0.4) is 0 Å². The van der Waals surface area contributed by atoms with Crippen LogP contribution in [0.5, 0.6) is 0 Å². The van der Waals surface area contributed by atoms with Gasteiger partial charge in [0.1, 0.15) is 11.7 Å². The van der Waals surface area contributed by atoms with Crippen molar-refractivity contribution in [1.82, 2.24) is 19.6 Å². The van der Waals surface area contributed by atoms with E-state index in [9.17, 15) is 4.79 Å². The van der Waals surface area contributed by atoms with Crippen LogP contribution in [0.2, 0.25) is 0 Å². The minimum absolute atomic E-state index is 0.408. The van der Waals surface area contributed by atoms with Crippen molar-refractivity contribution >= 4 is 16.7 Å². The standard InChI is InChI=1S/C9H6N4O2/c1-5-7-6(2-3-15-8(7)14)13-9(12-5)10-4-11-13/h2-4H,1H3. The number of fused-ring (bicyclic) bond motifs is 3. The van der Waals surface area contributed by atoms with Crippen molar-refractivity contribution in [2.24, 2.45) is 0 Å². The molecule has 0 saturated heterocycles. The molecule has 3 aromatic heterocycles. The fourth-order valence-corrected chi connectivity index (χ4v) is 1.60. The van der Waals surface area contributed by atoms with Gasteiger partial charge in [-0.05, 0) is 6.92 Å². The summed E-state index contributed by atoms with van der Waals surface area (Å²) in [6, 6.07) is 1.67. The molecule has 0 fully saturated rings. The van der Waals surface area contributed by atoms with Crippen LogP contribution in [0.15, 0.2) is 27.9 Å². The summed E-state index contributed by atoms with van der Waals surface area (Å²) in [4.78, 5) is 19.6. The first-order valence-electron chi connectivity index (χ1n) is 4.35. The SMILES string of the molecule is Cc1nc2ncnn2c2ccoc(=O)c12. The highest BCUT2D eigenvalue weighted by atomic mass is 16.4. The third-order valence-corrected chi connectivity index (χ3v) is 2.25. The Morgan fingerprint density at radius 3 is 3.20 bits per heavy atom. The molecule has 0 saturated carbocycles. The van der Waals surface area contributed by atoms with Gasteiger partial charge in [0.25, 0.3) is 5.78 Å². The number of rotatable bonds is 0. The van der Waals surface area contributed by atoms with E-state index in [1.165, 1.54) is 17.1 Å². The van der Waals surface area contributed by atoms with Crippen molar-refractivity contribution < 1.29 is 4.42 Å². The van der Waals surface area contributed by atoms with Crippen molar-refractivity contribution in [2.45, 2.75) is 6.92 Å². The topological polar surface area (TPSA) is 73.3 Å². The molecule has 0 atom stereocenters. The summed E-state index contributed by atoms with van der Waals surface area (Å²) in [5.41, 5.74) is 0.848. The maximum Gasteiger partial charge on any atom is 0.347 e. The molecule has 3 rings (SSSR count). The first kappa shape index (κ1) is 8.10. The Balaban J connectivity index is 2.74. The Bertz CT molecular complexity index is 713. The normalized spacial score (nSPS) is 11.3. The molecular weight excluding hydrogens is 196 g/mol. The lowest BCUT2D eigenvalue weighted by molar-refractivity contribution is 0.518. The first-order valence-corrected chi connectivity index (χ1v) is 4.35. The smallest absolute Gasteiger partial charge is 0.347 e. The lowest BCUT2D eigenvalue weighted by atomic mass is 10.2. The highest BCUT2D eigenvalue weighted by Crippen LogP contribution is 2.12. The monoisotopic (exact) mass is 202 g/mol. The van der Waals surface area contributed by atoms with E-state index in [0.29, 0.717) is 22.4 Å². The summed E-state index contributed by atoms with van der Waals surface area (Å²) in [6.07, 6.45) is 2.74. The van der Waals surface area contributed by atoms with Gasteiger partial charge in [0.15, 0.2) is 0 Å². The lowest BCUT2D eigenvalue weighted by Crippen LogP contribution is -2.06. The zero-order valence-corrected chi connectivity index (χ0v) is 7.84. The van der Waals surface area contributed by atoms with Crippen LogP contribution < -0.4 is 5.63 Å². The molecule has 15 heavy (non-hydrogen) atoms. The third kappa shape index (κ3) is 0.983. The highest BCUT2D eigenvalue weighted by molar-refractivity contribution is 5.80. The molecule has 74 valence electrons. The van der Waals surface area contributed by atoms with Crippen molar-refractivity contribution in [2.75, 3.05) is 0 Å². The lowest BCUT2D eigenvalue weighted by Gasteiger charge is -2.00. The maximum absolute atomic E-state index is 11.5. The van der Waals surface area contributed by atoms with E-state index in [1.54, 1.807) is 13.0 Å². The Kier molecular flexibility index (Phi) is 1.42. The zero-order chi connectivity index (χ0) is 10.4. The minimum atomic E-state index is -0.408. The van der Waals surface area contributed by atoms with Crippen molar-refractivity contribution in [3.8, 4) is 0 Å². The molecule has 0 amide bonds. The fourth-order valence-electron chi connectivity index (χ4n) is 1.60. The number of aromatic nitrogens is 4. The molecule has 0 aromatic carbocycles. The third-order valence-electron chi connectivity index (χ3n) is 2.25. The average molecular weight is 202 g/mol. The predicted octanol–water partition coefficient (Wildman–Crippen LogP) is 0.539. The second-order valence-corrected chi connectivity index (χ2v) is 3.14. The van der Waals surface area contributed by atoms with Crippen molar-refractivity contribution in [3.05, 3.63) is 34.8 Å². The largest absolute Gasteiger partial charge is 0.431 e. The zero-order valence-electron chi connectivity index (χ0n) is 7.84. The van der Waals surface area contributed by atoms with Crippen LogP contribution in [0, 0.1) is 6.92 Å². The van der Waals surface area contributed by atoms with Gasteiger partial charge in [-0.25, -0.2) is 9.78 Å². The summed E-state index contributed by atoms with van der Waals surface area (Å²) in [6.45, 7) is 1.74. The van der Waals surface area contributed by atoms with Gasteiger partial charge in [0.2, 0.25) is 0 Å². The van der Waals surface area contributed by atoms with Crippen LogP contribution >= 0.6 is 0 Å². The summed E-state index contributed by atoms with van der Waals surface area (Å²) < 4.78 is 6.30. The van der Waals surface area contributed by atoms with E-state index in [2.05, 4.69) is 15.1 Å². The molecule has 3 aromatic rings. The molecule has 6 nitrogen and oxygen atoms in total. The molecule has 0 aliphatic rings. The first-order chi connectivity index (χ1) is 7.27. The van der Waals surface area contributed by atoms with Gasteiger partial charge in [-0.1, -0.05) is 0 Å². The van der Waals surface area contributed by atoms with Gasteiger partial charge in [-0.3, -0.25) is 0 Å². The van der Waals surface area contributed by atoms with E-state index in [-0.39, 0.29) is 0 Å². The van der Waals surface area contributed by atoms with Gasteiger partial charge in [0, 0.05) is 6.07 Å². The van der Waals surface area contributed by atoms with E-state index >= 15 is 0 Å². The predicted molar refractivity (Wildman–Crippen MR) is 51.6 cm³/mol.